The first kappa shape index (κ1) is 17.5. The van der Waals surface area contributed by atoms with Crippen LogP contribution in [-0.2, 0) is 11.2 Å². The minimum Gasteiger partial charge on any atom is -0.291 e. The second-order valence-corrected chi connectivity index (χ2v) is 6.00. The van der Waals surface area contributed by atoms with E-state index in [1.165, 1.54) is 23.1 Å². The standard InChI is InChI=1S/C18H15FN8O/c19-14-8-6-12(7-9-14)10-15-21-18(24-23-15)22-17(28)16(27-11-20-25-26-27)13-4-2-1-3-5-13/h1-9,11,16H,10H2,(H2,21,22,23,24,28)/t16-/m0/s1. The van der Waals surface area contributed by atoms with Crippen molar-refractivity contribution in [2.45, 2.75) is 12.5 Å². The lowest BCUT2D eigenvalue weighted by molar-refractivity contribution is -0.118. The molecule has 10 heteroatoms. The first-order valence-electron chi connectivity index (χ1n) is 8.43. The number of carbonyl (C=O) groups is 1. The van der Waals surface area contributed by atoms with Gasteiger partial charge in [-0.2, -0.15) is 4.98 Å². The maximum absolute atomic E-state index is 13.0. The van der Waals surface area contributed by atoms with Crippen molar-refractivity contribution >= 4 is 11.9 Å². The highest BCUT2D eigenvalue weighted by Gasteiger charge is 2.25. The molecule has 28 heavy (non-hydrogen) atoms. The van der Waals surface area contributed by atoms with Gasteiger partial charge in [-0.25, -0.2) is 9.07 Å². The molecule has 0 unspecified atom stereocenters. The molecule has 2 aromatic heterocycles. The van der Waals surface area contributed by atoms with Gasteiger partial charge in [0, 0.05) is 6.42 Å². The van der Waals surface area contributed by atoms with E-state index in [0.717, 1.165) is 11.1 Å². The van der Waals surface area contributed by atoms with E-state index in [1.54, 1.807) is 12.1 Å². The lowest BCUT2D eigenvalue weighted by Gasteiger charge is -2.15. The van der Waals surface area contributed by atoms with Crippen molar-refractivity contribution in [2.24, 2.45) is 0 Å². The van der Waals surface area contributed by atoms with Crippen molar-refractivity contribution < 1.29 is 9.18 Å². The molecule has 9 nitrogen and oxygen atoms in total. The third kappa shape index (κ3) is 3.90. The van der Waals surface area contributed by atoms with Gasteiger partial charge in [0.15, 0.2) is 6.04 Å². The van der Waals surface area contributed by atoms with Gasteiger partial charge in [-0.1, -0.05) is 42.5 Å². The van der Waals surface area contributed by atoms with Crippen LogP contribution in [0.1, 0.15) is 23.0 Å². The Balaban J connectivity index is 1.50. The first-order chi connectivity index (χ1) is 13.7. The topological polar surface area (TPSA) is 114 Å². The molecular formula is C18H15FN8O. The van der Waals surface area contributed by atoms with Gasteiger partial charge in [-0.15, -0.1) is 10.2 Å². The molecule has 1 amide bonds. The van der Waals surface area contributed by atoms with Gasteiger partial charge in [0.2, 0.25) is 5.95 Å². The van der Waals surface area contributed by atoms with Gasteiger partial charge in [-0.05, 0) is 33.7 Å². The lowest BCUT2D eigenvalue weighted by atomic mass is 10.1. The van der Waals surface area contributed by atoms with Crippen molar-refractivity contribution in [2.75, 3.05) is 5.32 Å². The number of hydrogen-bond acceptors (Lipinski definition) is 6. The average molecular weight is 378 g/mol. The Labute approximate surface area is 158 Å². The molecule has 4 rings (SSSR count). The quantitative estimate of drug-likeness (QED) is 0.528. The number of benzene rings is 2. The maximum Gasteiger partial charge on any atom is 0.256 e. The van der Waals surface area contributed by atoms with E-state index >= 15 is 0 Å². The highest BCUT2D eigenvalue weighted by Crippen LogP contribution is 2.18. The number of rotatable bonds is 6. The maximum atomic E-state index is 13.0. The van der Waals surface area contributed by atoms with Crippen molar-refractivity contribution in [1.82, 2.24) is 35.4 Å². The molecule has 0 aliphatic heterocycles. The molecule has 1 atom stereocenters. The van der Waals surface area contributed by atoms with Crippen LogP contribution in [-0.4, -0.2) is 41.3 Å². The van der Waals surface area contributed by atoms with Crippen molar-refractivity contribution in [1.29, 1.82) is 0 Å². The summed E-state index contributed by atoms with van der Waals surface area (Å²) < 4.78 is 14.4. The summed E-state index contributed by atoms with van der Waals surface area (Å²) in [6.07, 6.45) is 1.80. The largest absolute Gasteiger partial charge is 0.291 e. The zero-order valence-corrected chi connectivity index (χ0v) is 14.5. The minimum atomic E-state index is -0.768. The second kappa shape index (κ2) is 7.74. The molecule has 0 aliphatic carbocycles. The predicted octanol–water partition coefficient (Wildman–Crippen LogP) is 1.75. The van der Waals surface area contributed by atoms with Crippen LogP contribution < -0.4 is 5.32 Å². The number of nitrogens with one attached hydrogen (secondary N) is 2. The van der Waals surface area contributed by atoms with E-state index in [4.69, 9.17) is 0 Å². The Kier molecular flexibility index (Phi) is 4.83. The van der Waals surface area contributed by atoms with Gasteiger partial charge in [0.1, 0.15) is 18.0 Å². The molecule has 2 heterocycles. The van der Waals surface area contributed by atoms with E-state index in [0.29, 0.717) is 12.2 Å². The summed E-state index contributed by atoms with van der Waals surface area (Å²) >= 11 is 0. The van der Waals surface area contributed by atoms with Gasteiger partial charge < -0.3 is 0 Å². The Hall–Kier alpha value is -3.95. The van der Waals surface area contributed by atoms with Crippen LogP contribution in [0.3, 0.4) is 0 Å². The normalized spacial score (nSPS) is 11.9. The monoisotopic (exact) mass is 378 g/mol. The predicted molar refractivity (Wildman–Crippen MR) is 96.6 cm³/mol. The minimum absolute atomic E-state index is 0.135. The zero-order chi connectivity index (χ0) is 19.3. The molecule has 140 valence electrons. The molecule has 0 aliphatic rings. The van der Waals surface area contributed by atoms with Crippen molar-refractivity contribution in [3.63, 3.8) is 0 Å². The Bertz CT molecular complexity index is 1050. The summed E-state index contributed by atoms with van der Waals surface area (Å²) in [6, 6.07) is 14.5. The van der Waals surface area contributed by atoms with E-state index < -0.39 is 6.04 Å². The lowest BCUT2D eigenvalue weighted by Crippen LogP contribution is -2.28. The van der Waals surface area contributed by atoms with Crippen LogP contribution >= 0.6 is 0 Å². The van der Waals surface area contributed by atoms with Gasteiger partial charge in [0.05, 0.1) is 0 Å². The molecule has 0 saturated carbocycles. The fourth-order valence-corrected chi connectivity index (χ4v) is 2.75. The molecule has 2 aromatic carbocycles. The number of anilines is 1. The van der Waals surface area contributed by atoms with Crippen LogP contribution in [0, 0.1) is 5.82 Å². The SMILES string of the molecule is O=C(Nc1n[nH]c(Cc2ccc(F)cc2)n1)[C@H](c1ccccc1)n1cnnn1. The van der Waals surface area contributed by atoms with Crippen LogP contribution in [0.5, 0.6) is 0 Å². The highest BCUT2D eigenvalue weighted by atomic mass is 19.1. The number of amides is 1. The molecule has 0 radical (unpaired) electrons. The number of hydrogen-bond donors (Lipinski definition) is 2. The first-order valence-corrected chi connectivity index (χ1v) is 8.43. The molecule has 4 aromatic rings. The summed E-state index contributed by atoms with van der Waals surface area (Å²) in [6.45, 7) is 0. The van der Waals surface area contributed by atoms with Gasteiger partial charge in [0.25, 0.3) is 5.91 Å². The number of H-pyrrole nitrogens is 1. The van der Waals surface area contributed by atoms with Crippen LogP contribution in [0.2, 0.25) is 0 Å². The number of aromatic nitrogens is 7. The van der Waals surface area contributed by atoms with E-state index in [9.17, 15) is 9.18 Å². The Morgan fingerprint density at radius 2 is 1.93 bits per heavy atom. The van der Waals surface area contributed by atoms with Crippen molar-refractivity contribution in [3.05, 3.63) is 83.7 Å². The fraction of sp³-hybridized carbons (Fsp3) is 0.111. The Morgan fingerprint density at radius 1 is 1.14 bits per heavy atom. The third-order valence-electron chi connectivity index (χ3n) is 4.04. The number of tetrazole rings is 1. The zero-order valence-electron chi connectivity index (χ0n) is 14.5. The second-order valence-electron chi connectivity index (χ2n) is 6.00. The van der Waals surface area contributed by atoms with Crippen LogP contribution in [0.25, 0.3) is 0 Å². The number of nitrogens with zero attached hydrogens (tertiary/aromatic N) is 6. The van der Waals surface area contributed by atoms with Crippen LogP contribution in [0.4, 0.5) is 10.3 Å². The number of aromatic amines is 1. The molecule has 2 N–H and O–H groups in total. The van der Waals surface area contributed by atoms with Gasteiger partial charge in [-0.3, -0.25) is 15.2 Å². The molecule has 0 bridgehead atoms. The molecule has 0 fully saturated rings. The summed E-state index contributed by atoms with van der Waals surface area (Å²) in [5, 5.41) is 20.5. The Morgan fingerprint density at radius 3 is 2.64 bits per heavy atom. The van der Waals surface area contributed by atoms with E-state index in [2.05, 4.69) is 36.0 Å². The fourth-order valence-electron chi connectivity index (χ4n) is 2.75. The van der Waals surface area contributed by atoms with E-state index in [1.807, 2.05) is 30.3 Å². The van der Waals surface area contributed by atoms with Crippen LogP contribution in [0.15, 0.2) is 60.9 Å². The summed E-state index contributed by atoms with van der Waals surface area (Å²) in [4.78, 5) is 17.1. The number of carbonyl (C=O) groups excluding carboxylic acids is 1. The molecule has 0 spiro atoms. The summed E-state index contributed by atoms with van der Waals surface area (Å²) in [5.41, 5.74) is 1.58. The molecular weight excluding hydrogens is 363 g/mol. The highest BCUT2D eigenvalue weighted by molar-refractivity contribution is 5.94. The third-order valence-corrected chi connectivity index (χ3v) is 4.04. The summed E-state index contributed by atoms with van der Waals surface area (Å²) in [5.74, 6) is -0.00799. The summed E-state index contributed by atoms with van der Waals surface area (Å²) in [7, 11) is 0. The van der Waals surface area contributed by atoms with Crippen molar-refractivity contribution in [3.8, 4) is 0 Å². The van der Waals surface area contributed by atoms with E-state index in [-0.39, 0.29) is 17.7 Å². The molecule has 0 saturated heterocycles. The number of halogens is 1. The average Bonchev–Trinajstić information content (AvgIpc) is 3.37. The van der Waals surface area contributed by atoms with Gasteiger partial charge >= 0.3 is 0 Å². The smallest absolute Gasteiger partial charge is 0.256 e.